The minimum Gasteiger partial charge on any atom is -0.496 e. The molecule has 2 N–H and O–H groups in total. The number of benzene rings is 1. The van der Waals surface area contributed by atoms with Gasteiger partial charge in [-0.25, -0.2) is 4.98 Å². The van der Waals surface area contributed by atoms with Crippen molar-refractivity contribution in [2.45, 2.75) is 25.4 Å². The molecule has 116 valence electrons. The lowest BCUT2D eigenvalue weighted by molar-refractivity contribution is 0.0945. The van der Waals surface area contributed by atoms with Crippen LogP contribution in [0.3, 0.4) is 0 Å². The first kappa shape index (κ1) is 14.6. The number of nitrogens with zero attached hydrogens (tertiary/aromatic N) is 1. The average molecular weight is 301 g/mol. The molecule has 2 heterocycles. The number of hydrogen-bond acceptors (Lipinski definition) is 5. The van der Waals surface area contributed by atoms with Crippen molar-refractivity contribution in [2.75, 3.05) is 13.7 Å². The number of oxazole rings is 1. The van der Waals surface area contributed by atoms with Crippen molar-refractivity contribution in [2.24, 2.45) is 0 Å². The highest BCUT2D eigenvalue weighted by atomic mass is 16.5. The van der Waals surface area contributed by atoms with Gasteiger partial charge in [0.2, 0.25) is 5.89 Å². The number of amides is 1. The van der Waals surface area contributed by atoms with Gasteiger partial charge in [-0.05, 0) is 25.5 Å². The van der Waals surface area contributed by atoms with Gasteiger partial charge in [-0.2, -0.15) is 0 Å². The van der Waals surface area contributed by atoms with Crippen LogP contribution in [-0.4, -0.2) is 24.5 Å². The maximum absolute atomic E-state index is 12.2. The number of hydrogen-bond donors (Lipinski definition) is 2. The topological polar surface area (TPSA) is 76.4 Å². The SMILES string of the molecule is COc1ccccc1CNC(=O)c1coc(C2CCCN2)n1. The molecule has 1 aromatic heterocycles. The normalized spacial score (nSPS) is 17.4. The maximum Gasteiger partial charge on any atom is 0.273 e. The molecular weight excluding hydrogens is 282 g/mol. The van der Waals surface area contributed by atoms with Crippen LogP contribution in [0.2, 0.25) is 0 Å². The van der Waals surface area contributed by atoms with E-state index in [0.29, 0.717) is 18.1 Å². The summed E-state index contributed by atoms with van der Waals surface area (Å²) in [5.41, 5.74) is 1.22. The Bertz CT molecular complexity index is 648. The summed E-state index contributed by atoms with van der Waals surface area (Å²) in [6.45, 7) is 1.34. The molecule has 1 saturated heterocycles. The zero-order chi connectivity index (χ0) is 15.4. The number of ether oxygens (including phenoxy) is 1. The third kappa shape index (κ3) is 3.12. The van der Waals surface area contributed by atoms with Crippen molar-refractivity contribution in [3.05, 3.63) is 47.7 Å². The fourth-order valence-corrected chi connectivity index (χ4v) is 2.56. The molecule has 0 bridgehead atoms. The number of methoxy groups -OCH3 is 1. The van der Waals surface area contributed by atoms with E-state index < -0.39 is 0 Å². The first-order chi connectivity index (χ1) is 10.8. The number of aromatic nitrogens is 1. The molecule has 1 fully saturated rings. The van der Waals surface area contributed by atoms with Crippen molar-refractivity contribution < 1.29 is 13.9 Å². The minimum absolute atomic E-state index is 0.121. The standard InChI is InChI=1S/C16H19N3O3/c1-21-14-7-3-2-5-11(14)9-18-15(20)13-10-22-16(19-13)12-6-4-8-17-12/h2-3,5,7,10,12,17H,4,6,8-9H2,1H3,(H,18,20). The van der Waals surface area contributed by atoms with Crippen LogP contribution in [0, 0.1) is 0 Å². The van der Waals surface area contributed by atoms with Crippen LogP contribution in [0.4, 0.5) is 0 Å². The minimum atomic E-state index is -0.251. The number of nitrogens with one attached hydrogen (secondary N) is 2. The first-order valence-corrected chi connectivity index (χ1v) is 7.37. The first-order valence-electron chi connectivity index (χ1n) is 7.37. The van der Waals surface area contributed by atoms with Crippen LogP contribution >= 0.6 is 0 Å². The molecule has 22 heavy (non-hydrogen) atoms. The van der Waals surface area contributed by atoms with E-state index in [0.717, 1.165) is 30.7 Å². The Balaban J connectivity index is 1.62. The molecule has 6 heteroatoms. The smallest absolute Gasteiger partial charge is 0.273 e. The van der Waals surface area contributed by atoms with Crippen LogP contribution in [0.5, 0.6) is 5.75 Å². The van der Waals surface area contributed by atoms with E-state index in [9.17, 15) is 4.79 Å². The van der Waals surface area contributed by atoms with Crippen molar-refractivity contribution in [1.29, 1.82) is 0 Å². The monoisotopic (exact) mass is 301 g/mol. The van der Waals surface area contributed by atoms with Crippen LogP contribution < -0.4 is 15.4 Å². The lowest BCUT2D eigenvalue weighted by atomic mass is 10.2. The van der Waals surface area contributed by atoms with Crippen LogP contribution in [0.25, 0.3) is 0 Å². The van der Waals surface area contributed by atoms with E-state index in [1.54, 1.807) is 7.11 Å². The fourth-order valence-electron chi connectivity index (χ4n) is 2.56. The third-order valence-electron chi connectivity index (χ3n) is 3.74. The molecule has 1 amide bonds. The van der Waals surface area contributed by atoms with Gasteiger partial charge in [0.05, 0.1) is 13.2 Å². The molecule has 0 aliphatic carbocycles. The quantitative estimate of drug-likeness (QED) is 0.884. The summed E-state index contributed by atoms with van der Waals surface area (Å²) in [5.74, 6) is 1.08. The van der Waals surface area contributed by atoms with E-state index in [4.69, 9.17) is 9.15 Å². The van der Waals surface area contributed by atoms with Crippen molar-refractivity contribution in [3.8, 4) is 5.75 Å². The van der Waals surface area contributed by atoms with Gasteiger partial charge in [-0.1, -0.05) is 18.2 Å². The highest BCUT2D eigenvalue weighted by Gasteiger charge is 2.22. The number of carbonyl (C=O) groups is 1. The summed E-state index contributed by atoms with van der Waals surface area (Å²) in [6, 6.07) is 7.69. The molecule has 0 spiro atoms. The lowest BCUT2D eigenvalue weighted by Crippen LogP contribution is -2.23. The van der Waals surface area contributed by atoms with Gasteiger partial charge in [0, 0.05) is 12.1 Å². The molecule has 3 rings (SSSR count). The predicted octanol–water partition coefficient (Wildman–Crippen LogP) is 2.04. The second-order valence-corrected chi connectivity index (χ2v) is 5.21. The highest BCUT2D eigenvalue weighted by molar-refractivity contribution is 5.91. The second kappa shape index (κ2) is 6.62. The Labute approximate surface area is 128 Å². The van der Waals surface area contributed by atoms with Crippen molar-refractivity contribution in [1.82, 2.24) is 15.6 Å². The molecule has 6 nitrogen and oxygen atoms in total. The van der Waals surface area contributed by atoms with Gasteiger partial charge in [0.25, 0.3) is 5.91 Å². The summed E-state index contributed by atoms with van der Waals surface area (Å²) in [6.07, 6.45) is 3.50. The predicted molar refractivity (Wildman–Crippen MR) is 80.6 cm³/mol. The zero-order valence-corrected chi connectivity index (χ0v) is 12.5. The Morgan fingerprint density at radius 1 is 1.50 bits per heavy atom. The van der Waals surface area contributed by atoms with E-state index in [1.165, 1.54) is 6.26 Å². The Hall–Kier alpha value is -2.34. The largest absolute Gasteiger partial charge is 0.496 e. The summed E-state index contributed by atoms with van der Waals surface area (Å²) >= 11 is 0. The summed E-state index contributed by atoms with van der Waals surface area (Å²) in [4.78, 5) is 16.4. The Morgan fingerprint density at radius 3 is 3.14 bits per heavy atom. The second-order valence-electron chi connectivity index (χ2n) is 5.21. The molecular formula is C16H19N3O3. The molecule has 1 atom stereocenters. The number of para-hydroxylation sites is 1. The van der Waals surface area contributed by atoms with Gasteiger partial charge >= 0.3 is 0 Å². The molecule has 0 radical (unpaired) electrons. The summed E-state index contributed by atoms with van der Waals surface area (Å²) in [7, 11) is 1.61. The molecule has 1 aliphatic heterocycles. The maximum atomic E-state index is 12.2. The molecule has 2 aromatic rings. The molecule has 1 unspecified atom stereocenters. The van der Waals surface area contributed by atoms with Gasteiger partial charge in [-0.15, -0.1) is 0 Å². The van der Waals surface area contributed by atoms with Gasteiger partial charge < -0.3 is 19.8 Å². The summed E-state index contributed by atoms with van der Waals surface area (Å²) in [5, 5.41) is 6.13. The van der Waals surface area contributed by atoms with Crippen LogP contribution in [0.15, 0.2) is 34.9 Å². The van der Waals surface area contributed by atoms with E-state index in [2.05, 4.69) is 15.6 Å². The van der Waals surface area contributed by atoms with Gasteiger partial charge in [-0.3, -0.25) is 4.79 Å². The Kier molecular flexibility index (Phi) is 4.39. The van der Waals surface area contributed by atoms with E-state index >= 15 is 0 Å². The number of rotatable bonds is 5. The van der Waals surface area contributed by atoms with E-state index in [-0.39, 0.29) is 11.9 Å². The average Bonchev–Trinajstić information content (AvgIpc) is 3.23. The van der Waals surface area contributed by atoms with Crippen molar-refractivity contribution >= 4 is 5.91 Å². The number of carbonyl (C=O) groups excluding carboxylic acids is 1. The molecule has 1 aromatic carbocycles. The molecule has 0 saturated carbocycles. The van der Waals surface area contributed by atoms with Gasteiger partial charge in [0.15, 0.2) is 5.69 Å². The fraction of sp³-hybridized carbons (Fsp3) is 0.375. The van der Waals surface area contributed by atoms with Gasteiger partial charge in [0.1, 0.15) is 12.0 Å². The molecule has 1 aliphatic rings. The zero-order valence-electron chi connectivity index (χ0n) is 12.5. The highest BCUT2D eigenvalue weighted by Crippen LogP contribution is 2.22. The summed E-state index contributed by atoms with van der Waals surface area (Å²) < 4.78 is 10.7. The van der Waals surface area contributed by atoms with E-state index in [1.807, 2.05) is 24.3 Å². The van der Waals surface area contributed by atoms with Crippen LogP contribution in [-0.2, 0) is 6.54 Å². The lowest BCUT2D eigenvalue weighted by Gasteiger charge is -2.08. The van der Waals surface area contributed by atoms with Crippen LogP contribution in [0.1, 0.15) is 40.8 Å². The Morgan fingerprint density at radius 2 is 2.36 bits per heavy atom. The third-order valence-corrected chi connectivity index (χ3v) is 3.74. The van der Waals surface area contributed by atoms with Crippen molar-refractivity contribution in [3.63, 3.8) is 0 Å².